The van der Waals surface area contributed by atoms with Crippen LogP contribution in [0.3, 0.4) is 0 Å². The van der Waals surface area contributed by atoms with Gasteiger partial charge in [0.2, 0.25) is 11.6 Å². The lowest BCUT2D eigenvalue weighted by Crippen LogP contribution is -2.39. The lowest BCUT2D eigenvalue weighted by Gasteiger charge is -2.21. The molecule has 1 atom stereocenters. The summed E-state index contributed by atoms with van der Waals surface area (Å²) in [6, 6.07) is 0. The highest BCUT2D eigenvalue weighted by atomic mass is 32.2. The van der Waals surface area contributed by atoms with E-state index in [4.69, 9.17) is 5.11 Å². The highest BCUT2D eigenvalue weighted by molar-refractivity contribution is 8.01. The molecule has 1 unspecified atom stereocenters. The zero-order valence-corrected chi connectivity index (χ0v) is 11.1. The lowest BCUT2D eigenvalue weighted by atomic mass is 10.1. The minimum atomic E-state index is -2.26. The van der Waals surface area contributed by atoms with Gasteiger partial charge in [-0.2, -0.15) is 0 Å². The number of carbonyl (C=O) groups excluding carboxylic acids is 1. The number of aliphatic carboxylic acids is 1. The maximum Gasteiger partial charge on any atom is 0.343 e. The summed E-state index contributed by atoms with van der Waals surface area (Å²) in [6.07, 6.45) is -0.117. The highest BCUT2D eigenvalue weighted by Gasteiger charge is 2.46. The number of hydrogen-bond donors (Lipinski definition) is 1. The second-order valence-electron chi connectivity index (χ2n) is 5.24. The second-order valence-corrected chi connectivity index (χ2v) is 7.04. The monoisotopic (exact) mass is 263 g/mol. The molecule has 1 aliphatic heterocycles. The molecular formula is C11H18FNO3S. The molecule has 1 amide bonds. The fourth-order valence-corrected chi connectivity index (χ4v) is 2.27. The van der Waals surface area contributed by atoms with Crippen molar-refractivity contribution in [1.82, 2.24) is 4.90 Å². The number of hydrogen-bond acceptors (Lipinski definition) is 3. The molecule has 0 aromatic carbocycles. The standard InChI is InChI=1S/C11H18FNO3S/c1-10(2,3)17-6-8(14)13-5-4-11(12,7-13)9(15)16/h4-7H2,1-3H3,(H,15,16). The maximum atomic E-state index is 13.7. The number of alkyl halides is 1. The first-order chi connectivity index (χ1) is 7.64. The van der Waals surface area contributed by atoms with E-state index in [1.165, 1.54) is 16.7 Å². The molecule has 0 saturated carbocycles. The van der Waals surface area contributed by atoms with Gasteiger partial charge < -0.3 is 10.0 Å². The van der Waals surface area contributed by atoms with Crippen molar-refractivity contribution in [3.63, 3.8) is 0 Å². The molecule has 1 heterocycles. The summed E-state index contributed by atoms with van der Waals surface area (Å²) in [7, 11) is 0. The van der Waals surface area contributed by atoms with Gasteiger partial charge in [-0.1, -0.05) is 20.8 Å². The van der Waals surface area contributed by atoms with Crippen LogP contribution in [0.5, 0.6) is 0 Å². The van der Waals surface area contributed by atoms with Crippen molar-refractivity contribution in [1.29, 1.82) is 0 Å². The quantitative estimate of drug-likeness (QED) is 0.839. The number of carbonyl (C=O) groups is 2. The number of amides is 1. The highest BCUT2D eigenvalue weighted by Crippen LogP contribution is 2.28. The normalized spacial score (nSPS) is 25.1. The predicted molar refractivity (Wildman–Crippen MR) is 64.9 cm³/mol. The van der Waals surface area contributed by atoms with Gasteiger partial charge in [-0.15, -0.1) is 11.8 Å². The molecule has 1 fully saturated rings. The Labute approximate surface area is 105 Å². The predicted octanol–water partition coefficient (Wildman–Crippen LogP) is 1.54. The first-order valence-corrected chi connectivity index (χ1v) is 6.47. The minimum Gasteiger partial charge on any atom is -0.479 e. The summed E-state index contributed by atoms with van der Waals surface area (Å²) in [5.41, 5.74) is -2.26. The van der Waals surface area contributed by atoms with Gasteiger partial charge in [0.25, 0.3) is 0 Å². The van der Waals surface area contributed by atoms with Gasteiger partial charge in [0.15, 0.2) is 0 Å². The molecule has 0 aromatic rings. The Hall–Kier alpha value is -0.780. The zero-order valence-electron chi connectivity index (χ0n) is 10.3. The number of likely N-dealkylation sites (tertiary alicyclic amines) is 1. The number of thioether (sulfide) groups is 1. The van der Waals surface area contributed by atoms with Gasteiger partial charge in [0.05, 0.1) is 12.3 Å². The van der Waals surface area contributed by atoms with Gasteiger partial charge >= 0.3 is 5.97 Å². The summed E-state index contributed by atoms with van der Waals surface area (Å²) in [5, 5.41) is 8.71. The molecule has 0 aromatic heterocycles. The third kappa shape index (κ3) is 3.87. The van der Waals surface area contributed by atoms with Crippen LogP contribution in [0.25, 0.3) is 0 Å². The molecule has 1 rings (SSSR count). The summed E-state index contributed by atoms with van der Waals surface area (Å²) in [6.45, 7) is 5.83. The second kappa shape index (κ2) is 4.84. The summed E-state index contributed by atoms with van der Waals surface area (Å²) < 4.78 is 13.7. The van der Waals surface area contributed by atoms with E-state index in [0.29, 0.717) is 0 Å². The molecule has 4 nitrogen and oxygen atoms in total. The van der Waals surface area contributed by atoms with Crippen molar-refractivity contribution in [2.75, 3.05) is 18.8 Å². The van der Waals surface area contributed by atoms with Gasteiger partial charge in [-0.25, -0.2) is 9.18 Å². The first kappa shape index (κ1) is 14.3. The fraction of sp³-hybridized carbons (Fsp3) is 0.818. The van der Waals surface area contributed by atoms with Gasteiger partial charge in [0, 0.05) is 17.7 Å². The van der Waals surface area contributed by atoms with Gasteiger partial charge in [0.1, 0.15) is 0 Å². The van der Waals surface area contributed by atoms with E-state index in [1.807, 2.05) is 20.8 Å². The van der Waals surface area contributed by atoms with E-state index in [0.717, 1.165) is 0 Å². The summed E-state index contributed by atoms with van der Waals surface area (Å²) >= 11 is 1.48. The number of carboxylic acid groups (broad SMARTS) is 1. The maximum absolute atomic E-state index is 13.7. The van der Waals surface area contributed by atoms with E-state index in [-0.39, 0.29) is 35.9 Å². The van der Waals surface area contributed by atoms with E-state index in [1.54, 1.807) is 0 Å². The van der Waals surface area contributed by atoms with Gasteiger partial charge in [-0.05, 0) is 0 Å². The third-order valence-corrected chi connectivity index (χ3v) is 3.84. The molecule has 0 spiro atoms. The molecule has 0 radical (unpaired) electrons. The topological polar surface area (TPSA) is 57.6 Å². The molecule has 0 bridgehead atoms. The van der Waals surface area contributed by atoms with E-state index in [2.05, 4.69) is 0 Å². The largest absolute Gasteiger partial charge is 0.479 e. The Balaban J connectivity index is 2.49. The Bertz CT molecular complexity index is 329. The molecular weight excluding hydrogens is 245 g/mol. The number of halogens is 1. The van der Waals surface area contributed by atoms with Crippen molar-refractivity contribution in [2.24, 2.45) is 0 Å². The smallest absolute Gasteiger partial charge is 0.343 e. The average Bonchev–Trinajstić information content (AvgIpc) is 2.58. The summed E-state index contributed by atoms with van der Waals surface area (Å²) in [5.74, 6) is -1.40. The SMILES string of the molecule is CC(C)(C)SCC(=O)N1CCC(F)(C(=O)O)C1. The molecule has 1 aliphatic rings. The van der Waals surface area contributed by atoms with Gasteiger partial charge in [-0.3, -0.25) is 4.79 Å². The van der Waals surface area contributed by atoms with Crippen LogP contribution >= 0.6 is 11.8 Å². The van der Waals surface area contributed by atoms with Crippen LogP contribution in [0.4, 0.5) is 4.39 Å². The molecule has 98 valence electrons. The van der Waals surface area contributed by atoms with Crippen molar-refractivity contribution in [2.45, 2.75) is 37.6 Å². The third-order valence-electron chi connectivity index (χ3n) is 2.58. The van der Waals surface area contributed by atoms with Crippen molar-refractivity contribution >= 4 is 23.6 Å². The van der Waals surface area contributed by atoms with E-state index >= 15 is 0 Å². The lowest BCUT2D eigenvalue weighted by molar-refractivity contribution is -0.150. The first-order valence-electron chi connectivity index (χ1n) is 5.48. The Morgan fingerprint density at radius 3 is 2.47 bits per heavy atom. The van der Waals surface area contributed by atoms with E-state index in [9.17, 15) is 14.0 Å². The van der Waals surface area contributed by atoms with Crippen LogP contribution in [0.1, 0.15) is 27.2 Å². The van der Waals surface area contributed by atoms with Crippen LogP contribution in [-0.2, 0) is 9.59 Å². The number of rotatable bonds is 3. The zero-order chi connectivity index (χ0) is 13.3. The number of nitrogens with zero attached hydrogens (tertiary/aromatic N) is 1. The van der Waals surface area contributed by atoms with E-state index < -0.39 is 11.6 Å². The Morgan fingerprint density at radius 2 is 2.06 bits per heavy atom. The van der Waals surface area contributed by atoms with Crippen molar-refractivity contribution in [3.05, 3.63) is 0 Å². The van der Waals surface area contributed by atoms with Crippen LogP contribution in [-0.4, -0.2) is 51.1 Å². The minimum absolute atomic E-state index is 0.0328. The molecule has 1 saturated heterocycles. The molecule has 1 N–H and O–H groups in total. The van der Waals surface area contributed by atoms with Crippen LogP contribution < -0.4 is 0 Å². The average molecular weight is 263 g/mol. The Kier molecular flexibility index (Phi) is 4.06. The van der Waals surface area contributed by atoms with Crippen molar-refractivity contribution < 1.29 is 19.1 Å². The number of carboxylic acids is 1. The molecule has 17 heavy (non-hydrogen) atoms. The van der Waals surface area contributed by atoms with Crippen LogP contribution in [0.2, 0.25) is 0 Å². The summed E-state index contributed by atoms with van der Waals surface area (Å²) in [4.78, 5) is 23.7. The molecule has 6 heteroatoms. The van der Waals surface area contributed by atoms with Crippen molar-refractivity contribution in [3.8, 4) is 0 Å². The van der Waals surface area contributed by atoms with Crippen LogP contribution in [0.15, 0.2) is 0 Å². The Morgan fingerprint density at radius 1 is 1.47 bits per heavy atom. The van der Waals surface area contributed by atoms with Crippen LogP contribution in [0, 0.1) is 0 Å². The molecule has 0 aliphatic carbocycles. The fourth-order valence-electron chi connectivity index (χ4n) is 1.53.